The number of rotatable bonds is 4. The van der Waals surface area contributed by atoms with Crippen LogP contribution in [0.25, 0.3) is 22.5 Å². The Kier molecular flexibility index (Phi) is 5.05. The van der Waals surface area contributed by atoms with Crippen LogP contribution in [0.1, 0.15) is 36.7 Å². The summed E-state index contributed by atoms with van der Waals surface area (Å²) in [6, 6.07) is 21.6. The molecule has 33 heavy (non-hydrogen) atoms. The van der Waals surface area contributed by atoms with E-state index < -0.39 is 0 Å². The largest absolute Gasteiger partial charge is 0.305 e. The van der Waals surface area contributed by atoms with Gasteiger partial charge in [0.2, 0.25) is 0 Å². The minimum Gasteiger partial charge on any atom is -0.305 e. The third-order valence-corrected chi connectivity index (χ3v) is 5.64. The number of para-hydroxylation sites is 1. The first-order valence-corrected chi connectivity index (χ1v) is 10.9. The summed E-state index contributed by atoms with van der Waals surface area (Å²) in [4.78, 5) is 17.2. The summed E-state index contributed by atoms with van der Waals surface area (Å²) in [5, 5.41) is 7.38. The third kappa shape index (κ3) is 4.28. The Morgan fingerprint density at radius 1 is 0.848 bits per heavy atom. The van der Waals surface area contributed by atoms with Gasteiger partial charge in [-0.2, -0.15) is 5.10 Å². The number of nitrogens with zero attached hydrogens (tertiary/aromatic N) is 4. The maximum Gasteiger partial charge on any atom is 0.256 e. The number of hydrogen-bond acceptors (Lipinski definition) is 3. The Hall–Kier alpha value is -4.19. The molecular weight excluding hydrogens is 410 g/mol. The van der Waals surface area contributed by atoms with Crippen molar-refractivity contribution in [2.24, 2.45) is 0 Å². The van der Waals surface area contributed by atoms with Crippen LogP contribution in [0.15, 0.2) is 91.5 Å². The second kappa shape index (κ2) is 8.06. The van der Waals surface area contributed by atoms with E-state index in [2.05, 4.69) is 36.2 Å². The SMILES string of the molecule is CC(C)(C)c1ccc(C(=O)Nc2cn3cc(-c4cnn(-c5ccccc5)c4)ccc3n2)cc1. The lowest BCUT2D eigenvalue weighted by Gasteiger charge is -2.18. The van der Waals surface area contributed by atoms with Crippen molar-refractivity contribution in [3.8, 4) is 16.8 Å². The molecule has 3 heterocycles. The molecule has 5 rings (SSSR count). The first-order valence-electron chi connectivity index (χ1n) is 10.9. The molecule has 5 aromatic rings. The lowest BCUT2D eigenvalue weighted by atomic mass is 9.87. The van der Waals surface area contributed by atoms with Gasteiger partial charge in [0, 0.05) is 29.1 Å². The van der Waals surface area contributed by atoms with E-state index in [0.29, 0.717) is 11.4 Å². The average molecular weight is 436 g/mol. The molecule has 0 atom stereocenters. The summed E-state index contributed by atoms with van der Waals surface area (Å²) < 4.78 is 3.76. The second-order valence-corrected chi connectivity index (χ2v) is 9.10. The molecule has 0 aliphatic heterocycles. The van der Waals surface area contributed by atoms with Gasteiger partial charge in [-0.15, -0.1) is 0 Å². The number of benzene rings is 2. The van der Waals surface area contributed by atoms with E-state index in [4.69, 9.17) is 0 Å². The molecule has 164 valence electrons. The van der Waals surface area contributed by atoms with Gasteiger partial charge >= 0.3 is 0 Å². The highest BCUT2D eigenvalue weighted by Crippen LogP contribution is 2.24. The summed E-state index contributed by atoms with van der Waals surface area (Å²) in [6.07, 6.45) is 7.65. The molecule has 0 aliphatic carbocycles. The van der Waals surface area contributed by atoms with Crippen molar-refractivity contribution in [2.45, 2.75) is 26.2 Å². The van der Waals surface area contributed by atoms with E-state index in [1.807, 2.05) is 101 Å². The molecule has 3 aromatic heterocycles. The maximum absolute atomic E-state index is 12.7. The molecular formula is C27H25N5O. The smallest absolute Gasteiger partial charge is 0.256 e. The van der Waals surface area contributed by atoms with Crippen LogP contribution >= 0.6 is 0 Å². The van der Waals surface area contributed by atoms with Crippen LogP contribution in [0.5, 0.6) is 0 Å². The molecule has 0 saturated heterocycles. The number of carbonyl (C=O) groups is 1. The van der Waals surface area contributed by atoms with Crippen LogP contribution in [-0.4, -0.2) is 25.1 Å². The Morgan fingerprint density at radius 2 is 1.61 bits per heavy atom. The summed E-state index contributed by atoms with van der Waals surface area (Å²) in [5.41, 5.74) is 5.62. The van der Waals surface area contributed by atoms with E-state index in [0.717, 1.165) is 22.5 Å². The molecule has 6 heteroatoms. The summed E-state index contributed by atoms with van der Waals surface area (Å²) in [5.74, 6) is 0.334. The zero-order valence-corrected chi connectivity index (χ0v) is 18.9. The van der Waals surface area contributed by atoms with Crippen LogP contribution in [-0.2, 0) is 5.41 Å². The van der Waals surface area contributed by atoms with Crippen molar-refractivity contribution in [1.82, 2.24) is 19.2 Å². The van der Waals surface area contributed by atoms with Gasteiger partial charge in [-0.05, 0) is 47.4 Å². The van der Waals surface area contributed by atoms with E-state index in [1.165, 1.54) is 5.56 Å². The topological polar surface area (TPSA) is 64.2 Å². The van der Waals surface area contributed by atoms with Gasteiger partial charge in [-0.1, -0.05) is 51.1 Å². The van der Waals surface area contributed by atoms with Crippen LogP contribution < -0.4 is 5.32 Å². The van der Waals surface area contributed by atoms with Gasteiger partial charge in [-0.3, -0.25) is 4.79 Å². The molecule has 0 unspecified atom stereocenters. The number of fused-ring (bicyclic) bond motifs is 1. The number of amides is 1. The molecule has 0 aliphatic rings. The van der Waals surface area contributed by atoms with Crippen molar-refractivity contribution < 1.29 is 4.79 Å². The summed E-state index contributed by atoms with van der Waals surface area (Å²) in [7, 11) is 0. The number of imidazole rings is 1. The van der Waals surface area contributed by atoms with Crippen molar-refractivity contribution >= 4 is 17.4 Å². The predicted octanol–water partition coefficient (Wildman–Crippen LogP) is 5.74. The second-order valence-electron chi connectivity index (χ2n) is 9.10. The monoisotopic (exact) mass is 435 g/mol. The zero-order valence-electron chi connectivity index (χ0n) is 18.9. The highest BCUT2D eigenvalue weighted by molar-refractivity contribution is 6.03. The van der Waals surface area contributed by atoms with Gasteiger partial charge in [0.25, 0.3) is 5.91 Å². The highest BCUT2D eigenvalue weighted by Gasteiger charge is 2.15. The number of nitrogens with one attached hydrogen (secondary N) is 1. The fourth-order valence-corrected chi connectivity index (χ4v) is 3.73. The van der Waals surface area contributed by atoms with E-state index in [9.17, 15) is 4.79 Å². The van der Waals surface area contributed by atoms with Crippen molar-refractivity contribution in [2.75, 3.05) is 5.32 Å². The molecule has 2 aromatic carbocycles. The number of hydrogen-bond donors (Lipinski definition) is 1. The predicted molar refractivity (Wildman–Crippen MR) is 131 cm³/mol. The van der Waals surface area contributed by atoms with Crippen LogP contribution in [0.3, 0.4) is 0 Å². The van der Waals surface area contributed by atoms with E-state index in [1.54, 1.807) is 0 Å². The molecule has 0 saturated carbocycles. The Morgan fingerprint density at radius 3 is 2.33 bits per heavy atom. The van der Waals surface area contributed by atoms with Gasteiger partial charge in [0.15, 0.2) is 5.82 Å². The molecule has 0 radical (unpaired) electrons. The lowest BCUT2D eigenvalue weighted by Crippen LogP contribution is -2.14. The molecule has 0 fully saturated rings. The van der Waals surface area contributed by atoms with Crippen LogP contribution in [0.2, 0.25) is 0 Å². The summed E-state index contributed by atoms with van der Waals surface area (Å²) in [6.45, 7) is 6.46. The molecule has 0 spiro atoms. The zero-order chi connectivity index (χ0) is 23.0. The standard InChI is InChI=1S/C27H25N5O/c1-27(2,3)22-12-9-19(10-13-22)26(33)30-24-18-31-16-20(11-14-25(31)29-24)21-15-28-32(17-21)23-7-5-4-6-8-23/h4-18H,1-3H3,(H,30,33). The fraction of sp³-hybridized carbons (Fsp3) is 0.148. The minimum atomic E-state index is -0.178. The maximum atomic E-state index is 12.7. The van der Waals surface area contributed by atoms with Crippen LogP contribution in [0, 0.1) is 0 Å². The minimum absolute atomic E-state index is 0.0475. The Labute approximate surface area is 192 Å². The third-order valence-electron chi connectivity index (χ3n) is 5.64. The molecule has 1 amide bonds. The summed E-state index contributed by atoms with van der Waals surface area (Å²) >= 11 is 0. The van der Waals surface area contributed by atoms with Crippen LogP contribution in [0.4, 0.5) is 5.82 Å². The van der Waals surface area contributed by atoms with E-state index >= 15 is 0 Å². The number of pyridine rings is 1. The fourth-order valence-electron chi connectivity index (χ4n) is 3.73. The van der Waals surface area contributed by atoms with Gasteiger partial charge < -0.3 is 9.72 Å². The molecule has 1 N–H and O–H groups in total. The number of carbonyl (C=O) groups excluding carboxylic acids is 1. The van der Waals surface area contributed by atoms with Gasteiger partial charge in [-0.25, -0.2) is 9.67 Å². The quantitative estimate of drug-likeness (QED) is 0.392. The average Bonchev–Trinajstić information content (AvgIpc) is 3.45. The van der Waals surface area contributed by atoms with Crippen molar-refractivity contribution in [3.63, 3.8) is 0 Å². The number of anilines is 1. The van der Waals surface area contributed by atoms with Crippen molar-refractivity contribution in [3.05, 3.63) is 103 Å². The normalized spacial score (nSPS) is 11.6. The van der Waals surface area contributed by atoms with E-state index in [-0.39, 0.29) is 11.3 Å². The Bertz CT molecular complexity index is 1420. The highest BCUT2D eigenvalue weighted by atomic mass is 16.1. The van der Waals surface area contributed by atoms with Crippen molar-refractivity contribution in [1.29, 1.82) is 0 Å². The number of aromatic nitrogens is 4. The first kappa shape index (κ1) is 20.7. The van der Waals surface area contributed by atoms with Gasteiger partial charge in [0.1, 0.15) is 5.65 Å². The molecule has 0 bridgehead atoms. The molecule has 6 nitrogen and oxygen atoms in total. The van der Waals surface area contributed by atoms with Gasteiger partial charge in [0.05, 0.1) is 18.1 Å². The Balaban J connectivity index is 1.35. The first-order chi connectivity index (χ1) is 15.9. The lowest BCUT2D eigenvalue weighted by molar-refractivity contribution is 0.102.